The summed E-state index contributed by atoms with van der Waals surface area (Å²) >= 11 is 0. The van der Waals surface area contributed by atoms with E-state index in [1.807, 2.05) is 0 Å². The van der Waals surface area contributed by atoms with Gasteiger partial charge in [-0.3, -0.25) is 0 Å². The molecule has 0 spiro atoms. The van der Waals surface area contributed by atoms with Gasteiger partial charge in [-0.1, -0.05) is 52.4 Å². The van der Waals surface area contributed by atoms with E-state index in [0.29, 0.717) is 6.04 Å². The normalized spacial score (nSPS) is 13.2. The van der Waals surface area contributed by atoms with Crippen molar-refractivity contribution in [2.45, 2.75) is 64.3 Å². The Bertz CT molecular complexity index is 81.1. The first-order chi connectivity index (χ1) is 5.81. The molecular weight excluding hydrogens is 146 g/mol. The third kappa shape index (κ3) is 8.06. The molecule has 73 valence electrons. The minimum absolute atomic E-state index is 0.344. The number of nitrogens with two attached hydrogens (primary N) is 1. The first-order valence-corrected chi connectivity index (χ1v) is 5.36. The highest BCUT2D eigenvalue weighted by Crippen LogP contribution is 2.08. The first-order valence-electron chi connectivity index (χ1n) is 5.36. The fourth-order valence-corrected chi connectivity index (χ4v) is 1.33. The summed E-state index contributed by atoms with van der Waals surface area (Å²) in [4.78, 5) is 0. The van der Waals surface area contributed by atoms with Gasteiger partial charge < -0.3 is 5.73 Å². The van der Waals surface area contributed by atoms with Crippen LogP contribution >= 0.6 is 0 Å². The summed E-state index contributed by atoms with van der Waals surface area (Å²) in [5, 5.41) is 0. The molecule has 0 aromatic carbocycles. The van der Waals surface area contributed by atoms with Crippen LogP contribution in [0.25, 0.3) is 0 Å². The lowest BCUT2D eigenvalue weighted by molar-refractivity contribution is 0.536. The average Bonchev–Trinajstić information content (AvgIpc) is 2.10. The number of hydrogen-bond acceptors (Lipinski definition) is 1. The predicted octanol–water partition coefficient (Wildman–Crippen LogP) is 3.29. The van der Waals surface area contributed by atoms with Crippen molar-refractivity contribution in [2.24, 2.45) is 5.73 Å². The summed E-state index contributed by atoms with van der Waals surface area (Å²) < 4.78 is 0. The molecule has 1 radical (unpaired) electrons. The Labute approximate surface area is 77.7 Å². The summed E-state index contributed by atoms with van der Waals surface area (Å²) in [6.45, 7) is 6.04. The molecule has 0 rings (SSSR count). The second-order valence-corrected chi connectivity index (χ2v) is 3.61. The highest BCUT2D eigenvalue weighted by atomic mass is 14.6. The maximum absolute atomic E-state index is 5.75. The van der Waals surface area contributed by atoms with Gasteiger partial charge in [0.1, 0.15) is 0 Å². The van der Waals surface area contributed by atoms with Crippen molar-refractivity contribution in [1.29, 1.82) is 0 Å². The summed E-state index contributed by atoms with van der Waals surface area (Å²) in [5.41, 5.74) is 5.75. The molecule has 1 heteroatoms. The molecule has 0 fully saturated rings. The lowest BCUT2D eigenvalue weighted by Gasteiger charge is -2.07. The van der Waals surface area contributed by atoms with Gasteiger partial charge in [0.2, 0.25) is 0 Å². The van der Waals surface area contributed by atoms with Crippen molar-refractivity contribution >= 4 is 0 Å². The van der Waals surface area contributed by atoms with Gasteiger partial charge in [0, 0.05) is 6.04 Å². The van der Waals surface area contributed by atoms with Gasteiger partial charge >= 0.3 is 0 Å². The van der Waals surface area contributed by atoms with Crippen molar-refractivity contribution in [3.8, 4) is 0 Å². The van der Waals surface area contributed by atoms with Crippen molar-refractivity contribution < 1.29 is 0 Å². The average molecular weight is 170 g/mol. The van der Waals surface area contributed by atoms with Crippen LogP contribution in [0.4, 0.5) is 0 Å². The molecule has 0 aliphatic carbocycles. The van der Waals surface area contributed by atoms with Crippen molar-refractivity contribution in [2.75, 3.05) is 0 Å². The van der Waals surface area contributed by atoms with Crippen LogP contribution in [0.1, 0.15) is 58.3 Å². The molecule has 2 N–H and O–H groups in total. The summed E-state index contributed by atoms with van der Waals surface area (Å²) in [5.74, 6) is 0. The lowest BCUT2D eigenvalue weighted by Crippen LogP contribution is -2.17. The van der Waals surface area contributed by atoms with E-state index in [1.54, 1.807) is 0 Å². The zero-order valence-electron chi connectivity index (χ0n) is 8.52. The maximum Gasteiger partial charge on any atom is 0.00388 e. The van der Waals surface area contributed by atoms with Crippen LogP contribution in [-0.2, 0) is 0 Å². The first kappa shape index (κ1) is 12.0. The Morgan fingerprint density at radius 2 is 1.67 bits per heavy atom. The van der Waals surface area contributed by atoms with E-state index in [1.165, 1.54) is 38.5 Å². The van der Waals surface area contributed by atoms with Gasteiger partial charge in [-0.2, -0.15) is 0 Å². The van der Waals surface area contributed by atoms with Crippen LogP contribution in [0, 0.1) is 6.92 Å². The zero-order chi connectivity index (χ0) is 9.23. The third-order valence-corrected chi connectivity index (χ3v) is 2.30. The van der Waals surface area contributed by atoms with Gasteiger partial charge in [0.15, 0.2) is 0 Å². The van der Waals surface area contributed by atoms with Crippen molar-refractivity contribution in [3.63, 3.8) is 0 Å². The van der Waals surface area contributed by atoms with Crippen LogP contribution in [0.3, 0.4) is 0 Å². The number of rotatable bonds is 8. The quantitative estimate of drug-likeness (QED) is 0.556. The van der Waals surface area contributed by atoms with Crippen LogP contribution in [0.5, 0.6) is 0 Å². The molecular formula is C11H24N. The van der Waals surface area contributed by atoms with E-state index in [9.17, 15) is 0 Å². The molecule has 1 nitrogen and oxygen atoms in total. The Hall–Kier alpha value is -0.0400. The van der Waals surface area contributed by atoms with Gasteiger partial charge in [0.25, 0.3) is 0 Å². The summed E-state index contributed by atoms with van der Waals surface area (Å²) in [6, 6.07) is 0.344. The van der Waals surface area contributed by atoms with E-state index >= 15 is 0 Å². The molecule has 1 atom stereocenters. The molecule has 0 saturated heterocycles. The van der Waals surface area contributed by atoms with Crippen LogP contribution in [0.2, 0.25) is 0 Å². The van der Waals surface area contributed by atoms with Crippen LogP contribution < -0.4 is 5.73 Å². The molecule has 0 aromatic heterocycles. The van der Waals surface area contributed by atoms with Gasteiger partial charge in [-0.25, -0.2) is 0 Å². The molecule has 1 unspecified atom stereocenters. The fraction of sp³-hybridized carbons (Fsp3) is 0.909. The van der Waals surface area contributed by atoms with Crippen molar-refractivity contribution in [3.05, 3.63) is 6.92 Å². The monoisotopic (exact) mass is 170 g/mol. The fourth-order valence-electron chi connectivity index (χ4n) is 1.33. The molecule has 0 bridgehead atoms. The van der Waals surface area contributed by atoms with E-state index in [2.05, 4.69) is 13.8 Å². The lowest BCUT2D eigenvalue weighted by atomic mass is 10.1. The third-order valence-electron chi connectivity index (χ3n) is 2.30. The Morgan fingerprint density at radius 1 is 1.08 bits per heavy atom. The van der Waals surface area contributed by atoms with E-state index < -0.39 is 0 Å². The van der Waals surface area contributed by atoms with E-state index in [4.69, 9.17) is 5.73 Å². The number of hydrogen-bond donors (Lipinski definition) is 1. The van der Waals surface area contributed by atoms with Gasteiger partial charge in [0.05, 0.1) is 0 Å². The molecule has 0 aromatic rings. The molecule has 0 heterocycles. The largest absolute Gasteiger partial charge is 0.328 e. The Balaban J connectivity index is 2.90. The summed E-state index contributed by atoms with van der Waals surface area (Å²) in [7, 11) is 0. The van der Waals surface area contributed by atoms with E-state index in [-0.39, 0.29) is 0 Å². The second kappa shape index (κ2) is 9.05. The molecule has 0 amide bonds. The predicted molar refractivity (Wildman–Crippen MR) is 55.9 cm³/mol. The molecule has 12 heavy (non-hydrogen) atoms. The standard InChI is InChI=1S/C11H24N/c1-3-5-6-7-8-9-10-11(12)4-2/h11H,2-10,12H2,1H3. The summed E-state index contributed by atoms with van der Waals surface area (Å²) in [6.07, 6.45) is 10.2. The SMILES string of the molecule is [CH2]CC(N)CCCCCCCC. The molecule has 0 aliphatic heterocycles. The zero-order valence-corrected chi connectivity index (χ0v) is 8.52. The highest BCUT2D eigenvalue weighted by molar-refractivity contribution is 4.61. The van der Waals surface area contributed by atoms with E-state index in [0.717, 1.165) is 12.8 Å². The van der Waals surface area contributed by atoms with Gasteiger partial charge in [-0.15, -0.1) is 0 Å². The van der Waals surface area contributed by atoms with Crippen LogP contribution in [0.15, 0.2) is 0 Å². The maximum atomic E-state index is 5.75. The van der Waals surface area contributed by atoms with Crippen molar-refractivity contribution in [1.82, 2.24) is 0 Å². The molecule has 0 aliphatic rings. The molecule has 0 saturated carbocycles. The number of unbranched alkanes of at least 4 members (excludes halogenated alkanes) is 5. The Kier molecular flexibility index (Phi) is 9.02. The minimum atomic E-state index is 0.344. The minimum Gasteiger partial charge on any atom is -0.328 e. The van der Waals surface area contributed by atoms with Gasteiger partial charge in [-0.05, 0) is 12.8 Å². The second-order valence-electron chi connectivity index (χ2n) is 3.61. The smallest absolute Gasteiger partial charge is 0.00388 e. The van der Waals surface area contributed by atoms with Crippen LogP contribution in [-0.4, -0.2) is 6.04 Å². The highest BCUT2D eigenvalue weighted by Gasteiger charge is 1.97. The topological polar surface area (TPSA) is 26.0 Å². The Morgan fingerprint density at radius 3 is 2.25 bits per heavy atom.